The van der Waals surface area contributed by atoms with Crippen LogP contribution in [-0.4, -0.2) is 36.9 Å². The quantitative estimate of drug-likeness (QED) is 0.772. The van der Waals surface area contributed by atoms with Crippen LogP contribution in [0, 0.1) is 13.8 Å². The van der Waals surface area contributed by atoms with E-state index in [9.17, 15) is 5.11 Å². The number of nitrogens with one attached hydrogen (secondary N) is 1. The van der Waals surface area contributed by atoms with Gasteiger partial charge in [0.05, 0.1) is 6.61 Å². The number of nitrogens with zero attached hydrogens (tertiary/aromatic N) is 1. The van der Waals surface area contributed by atoms with Gasteiger partial charge in [-0.2, -0.15) is 0 Å². The fourth-order valence-corrected chi connectivity index (χ4v) is 2.95. The van der Waals surface area contributed by atoms with Crippen LogP contribution in [0.1, 0.15) is 44.7 Å². The van der Waals surface area contributed by atoms with E-state index in [0.29, 0.717) is 6.04 Å². The number of aliphatic hydroxyl groups is 1. The molecule has 1 aromatic carbocycles. The van der Waals surface area contributed by atoms with Crippen LogP contribution >= 0.6 is 0 Å². The predicted molar refractivity (Wildman–Crippen MR) is 92.2 cm³/mol. The van der Waals surface area contributed by atoms with Crippen LogP contribution in [0.4, 0.5) is 5.69 Å². The summed E-state index contributed by atoms with van der Waals surface area (Å²) in [7, 11) is 2.14. The highest BCUT2D eigenvalue weighted by Gasteiger charge is 2.23. The first kappa shape index (κ1) is 18.0. The highest BCUT2D eigenvalue weighted by Crippen LogP contribution is 2.21. The lowest BCUT2D eigenvalue weighted by Gasteiger charge is -2.32. The Kier molecular flexibility index (Phi) is 6.69. The molecule has 0 heterocycles. The van der Waals surface area contributed by atoms with E-state index >= 15 is 0 Å². The van der Waals surface area contributed by atoms with Crippen LogP contribution in [0.25, 0.3) is 0 Å². The minimum atomic E-state index is -0.183. The molecule has 1 rings (SSSR count). The molecule has 0 aliphatic carbocycles. The molecule has 3 nitrogen and oxygen atoms in total. The standard InChI is InChI=1S/C18H32N2O/c1-14(2)19-18(5,13-21)10-7-11-20(6)17-9-8-15(3)12-16(17)4/h8-9,12,14,19,21H,7,10-11,13H2,1-6H3. The third-order valence-corrected chi connectivity index (χ3v) is 3.97. The average molecular weight is 292 g/mol. The maximum Gasteiger partial charge on any atom is 0.0610 e. The van der Waals surface area contributed by atoms with Crippen LogP contribution in [0.15, 0.2) is 18.2 Å². The van der Waals surface area contributed by atoms with Gasteiger partial charge in [0.15, 0.2) is 0 Å². The summed E-state index contributed by atoms with van der Waals surface area (Å²) in [5, 5.41) is 13.1. The highest BCUT2D eigenvalue weighted by atomic mass is 16.3. The first-order valence-electron chi connectivity index (χ1n) is 7.94. The summed E-state index contributed by atoms with van der Waals surface area (Å²) in [5.41, 5.74) is 3.74. The van der Waals surface area contributed by atoms with Crippen LogP contribution in [0.3, 0.4) is 0 Å². The molecule has 2 N–H and O–H groups in total. The SMILES string of the molecule is Cc1ccc(N(C)CCCC(C)(CO)NC(C)C)c(C)c1. The summed E-state index contributed by atoms with van der Waals surface area (Å²) in [6, 6.07) is 6.97. The molecule has 0 amide bonds. The smallest absolute Gasteiger partial charge is 0.0610 e. The Bertz CT molecular complexity index is 445. The molecule has 0 aliphatic rings. The van der Waals surface area contributed by atoms with E-state index in [0.717, 1.165) is 19.4 Å². The summed E-state index contributed by atoms with van der Waals surface area (Å²) in [4.78, 5) is 2.31. The third-order valence-electron chi connectivity index (χ3n) is 3.97. The normalized spacial score (nSPS) is 14.3. The van der Waals surface area contributed by atoms with Crippen LogP contribution in [0.5, 0.6) is 0 Å². The number of benzene rings is 1. The zero-order chi connectivity index (χ0) is 16.0. The maximum absolute atomic E-state index is 9.61. The second-order valence-corrected chi connectivity index (χ2v) is 6.83. The van der Waals surface area contributed by atoms with Crippen molar-refractivity contribution in [3.8, 4) is 0 Å². The van der Waals surface area contributed by atoms with Crippen molar-refractivity contribution in [1.29, 1.82) is 0 Å². The lowest BCUT2D eigenvalue weighted by atomic mass is 9.95. The van der Waals surface area contributed by atoms with E-state index in [2.05, 4.69) is 70.1 Å². The van der Waals surface area contributed by atoms with Crippen LogP contribution in [-0.2, 0) is 0 Å². The molecule has 1 unspecified atom stereocenters. The predicted octanol–water partition coefficient (Wildman–Crippen LogP) is 3.27. The van der Waals surface area contributed by atoms with Crippen molar-refractivity contribution >= 4 is 5.69 Å². The van der Waals surface area contributed by atoms with E-state index in [1.807, 2.05) is 0 Å². The van der Waals surface area contributed by atoms with Crippen molar-refractivity contribution in [1.82, 2.24) is 5.32 Å². The minimum absolute atomic E-state index is 0.179. The molecule has 0 bridgehead atoms. The Hall–Kier alpha value is -1.06. The summed E-state index contributed by atoms with van der Waals surface area (Å²) < 4.78 is 0. The molecule has 0 spiro atoms. The van der Waals surface area contributed by atoms with Crippen molar-refractivity contribution in [2.75, 3.05) is 25.1 Å². The molecule has 0 fully saturated rings. The maximum atomic E-state index is 9.61. The second-order valence-electron chi connectivity index (χ2n) is 6.83. The van der Waals surface area contributed by atoms with Gasteiger partial charge in [-0.25, -0.2) is 0 Å². The molecule has 0 saturated heterocycles. The summed E-state index contributed by atoms with van der Waals surface area (Å²) in [5.74, 6) is 0. The molecule has 0 aliphatic heterocycles. The van der Waals surface area contributed by atoms with E-state index < -0.39 is 0 Å². The molecular formula is C18H32N2O. The van der Waals surface area contributed by atoms with Gasteiger partial charge in [0, 0.05) is 30.9 Å². The van der Waals surface area contributed by atoms with Gasteiger partial charge in [-0.3, -0.25) is 0 Å². The van der Waals surface area contributed by atoms with Gasteiger partial charge in [-0.05, 0) is 45.2 Å². The Balaban J connectivity index is 2.54. The van der Waals surface area contributed by atoms with Gasteiger partial charge >= 0.3 is 0 Å². The largest absolute Gasteiger partial charge is 0.394 e. The summed E-state index contributed by atoms with van der Waals surface area (Å²) in [6.07, 6.45) is 2.03. The number of aryl methyl sites for hydroxylation is 2. The van der Waals surface area contributed by atoms with Gasteiger partial charge in [0.2, 0.25) is 0 Å². The molecular weight excluding hydrogens is 260 g/mol. The third kappa shape index (κ3) is 5.68. The monoisotopic (exact) mass is 292 g/mol. The number of anilines is 1. The molecule has 1 aromatic rings. The van der Waals surface area contributed by atoms with Crippen molar-refractivity contribution in [3.63, 3.8) is 0 Å². The van der Waals surface area contributed by atoms with Gasteiger partial charge in [-0.15, -0.1) is 0 Å². The molecule has 0 saturated carbocycles. The molecule has 0 radical (unpaired) electrons. The number of hydrogen-bond acceptors (Lipinski definition) is 3. The second kappa shape index (κ2) is 7.81. The van der Waals surface area contributed by atoms with Crippen molar-refractivity contribution in [2.24, 2.45) is 0 Å². The first-order chi connectivity index (χ1) is 9.77. The van der Waals surface area contributed by atoms with Crippen molar-refractivity contribution in [3.05, 3.63) is 29.3 Å². The highest BCUT2D eigenvalue weighted by molar-refractivity contribution is 5.53. The lowest BCUT2D eigenvalue weighted by Crippen LogP contribution is -2.49. The van der Waals surface area contributed by atoms with Gasteiger partial charge < -0.3 is 15.3 Å². The van der Waals surface area contributed by atoms with E-state index in [-0.39, 0.29) is 12.1 Å². The van der Waals surface area contributed by atoms with E-state index in [1.165, 1.54) is 16.8 Å². The van der Waals surface area contributed by atoms with Crippen molar-refractivity contribution < 1.29 is 5.11 Å². The Morgan fingerprint density at radius 3 is 2.48 bits per heavy atom. The average Bonchev–Trinajstić information content (AvgIpc) is 2.37. The number of rotatable bonds is 8. The fraction of sp³-hybridized carbons (Fsp3) is 0.667. The lowest BCUT2D eigenvalue weighted by molar-refractivity contribution is 0.155. The summed E-state index contributed by atoms with van der Waals surface area (Å²) in [6.45, 7) is 11.8. The van der Waals surface area contributed by atoms with Crippen molar-refractivity contribution in [2.45, 2.75) is 59.0 Å². The van der Waals surface area contributed by atoms with E-state index in [4.69, 9.17) is 0 Å². The Labute approximate surface area is 130 Å². The zero-order valence-electron chi connectivity index (χ0n) is 14.5. The first-order valence-corrected chi connectivity index (χ1v) is 7.94. The molecule has 21 heavy (non-hydrogen) atoms. The zero-order valence-corrected chi connectivity index (χ0v) is 14.5. The van der Waals surface area contributed by atoms with Gasteiger partial charge in [-0.1, -0.05) is 31.5 Å². The topological polar surface area (TPSA) is 35.5 Å². The van der Waals surface area contributed by atoms with Gasteiger partial charge in [0.1, 0.15) is 0 Å². The number of aliphatic hydroxyl groups excluding tert-OH is 1. The number of hydrogen-bond donors (Lipinski definition) is 2. The molecule has 1 atom stereocenters. The summed E-state index contributed by atoms with van der Waals surface area (Å²) >= 11 is 0. The van der Waals surface area contributed by atoms with Crippen LogP contribution < -0.4 is 10.2 Å². The Morgan fingerprint density at radius 1 is 1.29 bits per heavy atom. The van der Waals surface area contributed by atoms with Gasteiger partial charge in [0.25, 0.3) is 0 Å². The fourth-order valence-electron chi connectivity index (χ4n) is 2.95. The molecule has 120 valence electrons. The molecule has 3 heteroatoms. The molecule has 0 aromatic heterocycles. The minimum Gasteiger partial charge on any atom is -0.394 e. The van der Waals surface area contributed by atoms with Crippen LogP contribution in [0.2, 0.25) is 0 Å². The van der Waals surface area contributed by atoms with E-state index in [1.54, 1.807) is 0 Å². The Morgan fingerprint density at radius 2 is 1.95 bits per heavy atom.